The fraction of sp³-hybridized carbons (Fsp3) is 0.400. The van der Waals surface area contributed by atoms with Crippen LogP contribution in [0.1, 0.15) is 12.5 Å². The maximum atomic E-state index is 5.19. The second kappa shape index (κ2) is 2.35. The molecular weight excluding hydrogens is 136 g/mol. The van der Waals surface area contributed by atoms with Crippen LogP contribution >= 0.6 is 0 Å². The van der Waals surface area contributed by atoms with Crippen LogP contribution < -0.4 is 0 Å². The van der Waals surface area contributed by atoms with Gasteiger partial charge in [0, 0.05) is 5.41 Å². The minimum atomic E-state index is 0.293. The van der Waals surface area contributed by atoms with E-state index in [9.17, 15) is 0 Å². The predicted molar refractivity (Wildman–Crippen MR) is 44.6 cm³/mol. The summed E-state index contributed by atoms with van der Waals surface area (Å²) in [5.74, 6) is 0. The van der Waals surface area contributed by atoms with Crippen LogP contribution in [0.4, 0.5) is 0 Å². The van der Waals surface area contributed by atoms with Crippen molar-refractivity contribution in [3.05, 3.63) is 35.9 Å². The monoisotopic (exact) mass is 148 g/mol. The Balaban J connectivity index is 2.29. The van der Waals surface area contributed by atoms with E-state index in [1.165, 1.54) is 5.56 Å². The Morgan fingerprint density at radius 3 is 2.27 bits per heavy atom. The first-order valence-corrected chi connectivity index (χ1v) is 3.95. The van der Waals surface area contributed by atoms with Crippen molar-refractivity contribution < 1.29 is 4.74 Å². The Labute approximate surface area is 67.0 Å². The third-order valence-corrected chi connectivity index (χ3v) is 2.31. The van der Waals surface area contributed by atoms with Crippen molar-refractivity contribution in [1.82, 2.24) is 0 Å². The number of hydrogen-bond donors (Lipinski definition) is 0. The van der Waals surface area contributed by atoms with Gasteiger partial charge < -0.3 is 4.74 Å². The van der Waals surface area contributed by atoms with E-state index in [4.69, 9.17) is 4.74 Å². The molecule has 0 aromatic heterocycles. The molecule has 1 heteroatoms. The number of rotatable bonds is 1. The summed E-state index contributed by atoms with van der Waals surface area (Å²) in [7, 11) is 0. The summed E-state index contributed by atoms with van der Waals surface area (Å²) in [6, 6.07) is 10.6. The Morgan fingerprint density at radius 1 is 1.18 bits per heavy atom. The van der Waals surface area contributed by atoms with Crippen molar-refractivity contribution in [3.8, 4) is 0 Å². The molecule has 58 valence electrons. The lowest BCUT2D eigenvalue weighted by molar-refractivity contribution is -0.0500. The third-order valence-electron chi connectivity index (χ3n) is 2.31. The molecule has 0 N–H and O–H groups in total. The lowest BCUT2D eigenvalue weighted by Gasteiger charge is -2.38. The van der Waals surface area contributed by atoms with Gasteiger partial charge in [-0.05, 0) is 5.56 Å². The predicted octanol–water partition coefficient (Wildman–Crippen LogP) is 1.97. The number of benzene rings is 1. The van der Waals surface area contributed by atoms with Crippen molar-refractivity contribution in [2.45, 2.75) is 12.3 Å². The molecule has 11 heavy (non-hydrogen) atoms. The minimum Gasteiger partial charge on any atom is -0.379 e. The van der Waals surface area contributed by atoms with Gasteiger partial charge in [0.1, 0.15) is 0 Å². The Bertz CT molecular complexity index is 236. The summed E-state index contributed by atoms with van der Waals surface area (Å²) in [4.78, 5) is 0. The van der Waals surface area contributed by atoms with Crippen molar-refractivity contribution in [1.29, 1.82) is 0 Å². The van der Waals surface area contributed by atoms with Crippen LogP contribution in [-0.2, 0) is 10.2 Å². The molecule has 1 fully saturated rings. The highest BCUT2D eigenvalue weighted by Gasteiger charge is 2.34. The lowest BCUT2D eigenvalue weighted by atomic mass is 9.81. The van der Waals surface area contributed by atoms with Gasteiger partial charge in [-0.15, -0.1) is 0 Å². The molecule has 0 radical (unpaired) electrons. The second-order valence-electron chi connectivity index (χ2n) is 3.42. The zero-order chi connectivity index (χ0) is 7.73. The molecule has 1 saturated heterocycles. The van der Waals surface area contributed by atoms with Gasteiger partial charge in [-0.2, -0.15) is 0 Å². The molecule has 2 rings (SSSR count). The SMILES string of the molecule is CC1(c2ccccc2)COC1. The maximum Gasteiger partial charge on any atom is 0.0582 e. The average Bonchev–Trinajstić information content (AvgIpc) is 2.02. The minimum absolute atomic E-state index is 0.293. The van der Waals surface area contributed by atoms with E-state index < -0.39 is 0 Å². The second-order valence-corrected chi connectivity index (χ2v) is 3.42. The largest absolute Gasteiger partial charge is 0.379 e. The molecule has 1 nitrogen and oxygen atoms in total. The van der Waals surface area contributed by atoms with E-state index in [1.54, 1.807) is 0 Å². The van der Waals surface area contributed by atoms with Crippen molar-refractivity contribution in [2.75, 3.05) is 13.2 Å². The van der Waals surface area contributed by atoms with Gasteiger partial charge in [0.25, 0.3) is 0 Å². The van der Waals surface area contributed by atoms with Crippen LogP contribution in [0.5, 0.6) is 0 Å². The fourth-order valence-electron chi connectivity index (χ4n) is 1.42. The molecule has 1 aliphatic heterocycles. The van der Waals surface area contributed by atoms with Gasteiger partial charge in [-0.1, -0.05) is 37.3 Å². The topological polar surface area (TPSA) is 9.23 Å². The maximum absolute atomic E-state index is 5.19. The lowest BCUT2D eigenvalue weighted by Crippen LogP contribution is -2.43. The first-order valence-electron chi connectivity index (χ1n) is 3.95. The Morgan fingerprint density at radius 2 is 1.82 bits per heavy atom. The molecule has 0 amide bonds. The summed E-state index contributed by atoms with van der Waals surface area (Å²) in [6.45, 7) is 3.99. The summed E-state index contributed by atoms with van der Waals surface area (Å²) < 4.78 is 5.19. The standard InChI is InChI=1S/C10H12O/c1-10(7-11-8-10)9-5-3-2-4-6-9/h2-6H,7-8H2,1H3. The van der Waals surface area contributed by atoms with Gasteiger partial charge in [0.05, 0.1) is 13.2 Å². The van der Waals surface area contributed by atoms with Crippen LogP contribution in [-0.4, -0.2) is 13.2 Å². The van der Waals surface area contributed by atoms with Crippen LogP contribution in [0.15, 0.2) is 30.3 Å². The molecule has 1 aliphatic rings. The van der Waals surface area contributed by atoms with Crippen LogP contribution in [0.2, 0.25) is 0 Å². The highest BCUT2D eigenvalue weighted by atomic mass is 16.5. The normalized spacial score (nSPS) is 20.8. The van der Waals surface area contributed by atoms with Gasteiger partial charge in [0.15, 0.2) is 0 Å². The first kappa shape index (κ1) is 6.86. The van der Waals surface area contributed by atoms with Crippen LogP contribution in [0, 0.1) is 0 Å². The summed E-state index contributed by atoms with van der Waals surface area (Å²) in [5, 5.41) is 0. The van der Waals surface area contributed by atoms with Gasteiger partial charge in [-0.3, -0.25) is 0 Å². The van der Waals surface area contributed by atoms with Crippen molar-refractivity contribution >= 4 is 0 Å². The smallest absolute Gasteiger partial charge is 0.0582 e. The molecule has 1 aromatic rings. The van der Waals surface area contributed by atoms with E-state index in [2.05, 4.69) is 31.2 Å². The molecule has 1 aromatic carbocycles. The van der Waals surface area contributed by atoms with Crippen molar-refractivity contribution in [2.24, 2.45) is 0 Å². The molecule has 0 aliphatic carbocycles. The van der Waals surface area contributed by atoms with E-state index >= 15 is 0 Å². The fourth-order valence-corrected chi connectivity index (χ4v) is 1.42. The van der Waals surface area contributed by atoms with Gasteiger partial charge in [0.2, 0.25) is 0 Å². The van der Waals surface area contributed by atoms with E-state index in [0.29, 0.717) is 5.41 Å². The van der Waals surface area contributed by atoms with Gasteiger partial charge in [-0.25, -0.2) is 0 Å². The molecule has 0 atom stereocenters. The zero-order valence-corrected chi connectivity index (χ0v) is 6.71. The van der Waals surface area contributed by atoms with E-state index in [1.807, 2.05) is 6.07 Å². The number of ether oxygens (including phenoxy) is 1. The Kier molecular flexibility index (Phi) is 1.46. The summed E-state index contributed by atoms with van der Waals surface area (Å²) >= 11 is 0. The highest BCUT2D eigenvalue weighted by Crippen LogP contribution is 2.30. The Hall–Kier alpha value is -0.820. The molecule has 0 bridgehead atoms. The van der Waals surface area contributed by atoms with E-state index in [-0.39, 0.29) is 0 Å². The van der Waals surface area contributed by atoms with Crippen LogP contribution in [0.3, 0.4) is 0 Å². The summed E-state index contributed by atoms with van der Waals surface area (Å²) in [5.41, 5.74) is 1.69. The molecule has 0 unspecified atom stereocenters. The van der Waals surface area contributed by atoms with E-state index in [0.717, 1.165) is 13.2 Å². The highest BCUT2D eigenvalue weighted by molar-refractivity contribution is 5.26. The number of hydrogen-bond acceptors (Lipinski definition) is 1. The quantitative estimate of drug-likeness (QED) is 0.591. The van der Waals surface area contributed by atoms with Crippen LogP contribution in [0.25, 0.3) is 0 Å². The first-order chi connectivity index (χ1) is 5.31. The van der Waals surface area contributed by atoms with Crippen molar-refractivity contribution in [3.63, 3.8) is 0 Å². The molecule has 0 saturated carbocycles. The third kappa shape index (κ3) is 1.05. The molecule has 1 heterocycles. The molecule has 0 spiro atoms. The molecular formula is C10H12O. The zero-order valence-electron chi connectivity index (χ0n) is 6.71. The average molecular weight is 148 g/mol. The van der Waals surface area contributed by atoms with Gasteiger partial charge >= 0.3 is 0 Å². The summed E-state index contributed by atoms with van der Waals surface area (Å²) in [6.07, 6.45) is 0.